The lowest BCUT2D eigenvalue weighted by Gasteiger charge is -2.26. The van der Waals surface area contributed by atoms with Gasteiger partial charge in [0.25, 0.3) is 0 Å². The molecule has 0 aromatic heterocycles. The van der Waals surface area contributed by atoms with Crippen LogP contribution in [0.5, 0.6) is 11.5 Å². The first kappa shape index (κ1) is 25.7. The lowest BCUT2D eigenvalue weighted by atomic mass is 10.0. The van der Waals surface area contributed by atoms with Crippen LogP contribution in [0.1, 0.15) is 22.8 Å². The minimum atomic E-state index is -0.653. The van der Waals surface area contributed by atoms with E-state index in [4.69, 9.17) is 18.9 Å². The molecular weight excluding hydrogens is 430 g/mol. The molecule has 3 rings (SSSR count). The third-order valence-electron chi connectivity index (χ3n) is 5.62. The largest absolute Gasteiger partial charge is 0.497 e. The normalized spacial score (nSPS) is 12.2. The number of nitrogens with zero attached hydrogens (tertiary/aromatic N) is 1. The molecule has 0 unspecified atom stereocenters. The maximum Gasteiger partial charge on any atom is 0.118 e. The molecule has 0 spiro atoms. The molecule has 3 aromatic carbocycles. The second-order valence-electron chi connectivity index (χ2n) is 8.13. The Morgan fingerprint density at radius 1 is 0.765 bits per heavy atom. The van der Waals surface area contributed by atoms with Crippen LogP contribution in [0.4, 0.5) is 0 Å². The van der Waals surface area contributed by atoms with E-state index in [9.17, 15) is 5.11 Å². The molecule has 0 radical (unpaired) electrons. The van der Waals surface area contributed by atoms with Crippen molar-refractivity contribution in [1.82, 2.24) is 4.90 Å². The molecule has 0 saturated carbocycles. The fraction of sp³-hybridized carbons (Fsp3) is 0.357. The van der Waals surface area contributed by atoms with Crippen LogP contribution in [0.3, 0.4) is 0 Å². The van der Waals surface area contributed by atoms with Crippen LogP contribution in [0, 0.1) is 0 Å². The average molecular weight is 466 g/mol. The molecule has 0 amide bonds. The average Bonchev–Trinajstić information content (AvgIpc) is 2.88. The van der Waals surface area contributed by atoms with E-state index in [1.807, 2.05) is 66.7 Å². The number of methoxy groups -OCH3 is 3. The summed E-state index contributed by atoms with van der Waals surface area (Å²) in [5.41, 5.74) is 3.17. The first-order valence-corrected chi connectivity index (χ1v) is 11.5. The van der Waals surface area contributed by atoms with Crippen LogP contribution in [-0.2, 0) is 16.0 Å². The zero-order chi connectivity index (χ0) is 24.2. The van der Waals surface area contributed by atoms with Gasteiger partial charge >= 0.3 is 0 Å². The molecule has 0 heterocycles. The van der Waals surface area contributed by atoms with Crippen molar-refractivity contribution in [2.24, 2.45) is 0 Å². The van der Waals surface area contributed by atoms with Crippen molar-refractivity contribution in [3.63, 3.8) is 0 Å². The number of benzene rings is 3. The zero-order valence-corrected chi connectivity index (χ0v) is 20.2. The Kier molecular flexibility index (Phi) is 10.4. The minimum absolute atomic E-state index is 0.195. The van der Waals surface area contributed by atoms with Crippen LogP contribution < -0.4 is 9.47 Å². The Balaban J connectivity index is 1.69. The zero-order valence-electron chi connectivity index (χ0n) is 20.2. The van der Waals surface area contributed by atoms with Crippen molar-refractivity contribution in [3.8, 4) is 11.5 Å². The lowest BCUT2D eigenvalue weighted by Crippen LogP contribution is -2.36. The Hall–Kier alpha value is -2.90. The van der Waals surface area contributed by atoms with Gasteiger partial charge in [-0.2, -0.15) is 0 Å². The number of rotatable bonds is 14. The van der Waals surface area contributed by atoms with Crippen molar-refractivity contribution in [3.05, 3.63) is 95.6 Å². The third kappa shape index (κ3) is 7.85. The van der Waals surface area contributed by atoms with Crippen molar-refractivity contribution in [2.45, 2.75) is 18.8 Å². The summed E-state index contributed by atoms with van der Waals surface area (Å²) in [5.74, 6) is 1.57. The van der Waals surface area contributed by atoms with Gasteiger partial charge in [0.2, 0.25) is 0 Å². The number of ether oxygens (including phenoxy) is 4. The van der Waals surface area contributed by atoms with Crippen molar-refractivity contribution < 1.29 is 24.1 Å². The van der Waals surface area contributed by atoms with Crippen molar-refractivity contribution >= 4 is 0 Å². The van der Waals surface area contributed by atoms with E-state index in [1.165, 1.54) is 5.56 Å². The topological polar surface area (TPSA) is 60.4 Å². The summed E-state index contributed by atoms with van der Waals surface area (Å²) in [6.45, 7) is 2.74. The van der Waals surface area contributed by atoms with E-state index in [0.717, 1.165) is 35.7 Å². The number of hydrogen-bond donors (Lipinski definition) is 1. The highest BCUT2D eigenvalue weighted by Gasteiger charge is 2.19. The summed E-state index contributed by atoms with van der Waals surface area (Å²) in [6, 6.07) is 25.8. The second-order valence-corrected chi connectivity index (χ2v) is 8.13. The molecule has 0 aliphatic heterocycles. The number of hydrogen-bond acceptors (Lipinski definition) is 6. The van der Waals surface area contributed by atoms with Crippen LogP contribution in [-0.4, -0.2) is 63.7 Å². The quantitative estimate of drug-likeness (QED) is 0.383. The maximum atomic E-state index is 10.9. The van der Waals surface area contributed by atoms with Gasteiger partial charge in [0, 0.05) is 26.7 Å². The van der Waals surface area contributed by atoms with Crippen molar-refractivity contribution in [1.29, 1.82) is 0 Å². The fourth-order valence-corrected chi connectivity index (χ4v) is 3.80. The van der Waals surface area contributed by atoms with Gasteiger partial charge in [-0.3, -0.25) is 4.90 Å². The predicted molar refractivity (Wildman–Crippen MR) is 133 cm³/mol. The fourth-order valence-electron chi connectivity index (χ4n) is 3.80. The van der Waals surface area contributed by atoms with E-state index in [0.29, 0.717) is 13.2 Å². The van der Waals surface area contributed by atoms with Crippen LogP contribution in [0.2, 0.25) is 0 Å². The molecule has 0 aliphatic rings. The van der Waals surface area contributed by atoms with Gasteiger partial charge in [-0.25, -0.2) is 0 Å². The van der Waals surface area contributed by atoms with E-state index in [2.05, 4.69) is 17.0 Å². The van der Waals surface area contributed by atoms with Gasteiger partial charge in [0.05, 0.1) is 33.5 Å². The lowest BCUT2D eigenvalue weighted by molar-refractivity contribution is -0.0121. The van der Waals surface area contributed by atoms with Crippen LogP contribution in [0.25, 0.3) is 0 Å². The minimum Gasteiger partial charge on any atom is -0.497 e. The summed E-state index contributed by atoms with van der Waals surface area (Å²) < 4.78 is 22.1. The highest BCUT2D eigenvalue weighted by molar-refractivity contribution is 5.36. The molecule has 1 N–H and O–H groups in total. The van der Waals surface area contributed by atoms with Gasteiger partial charge in [-0.15, -0.1) is 0 Å². The summed E-state index contributed by atoms with van der Waals surface area (Å²) in [7, 11) is 4.98. The van der Waals surface area contributed by atoms with E-state index in [-0.39, 0.29) is 12.7 Å². The number of aliphatic hydroxyl groups is 1. The monoisotopic (exact) mass is 465 g/mol. The summed E-state index contributed by atoms with van der Waals surface area (Å²) in [5, 5.41) is 10.9. The first-order valence-electron chi connectivity index (χ1n) is 11.5. The summed E-state index contributed by atoms with van der Waals surface area (Å²) in [6.07, 6.45) is -0.979. The first-order chi connectivity index (χ1) is 16.6. The third-order valence-corrected chi connectivity index (χ3v) is 5.62. The second kappa shape index (κ2) is 13.7. The van der Waals surface area contributed by atoms with Gasteiger partial charge in [0.1, 0.15) is 17.6 Å². The molecular formula is C28H35NO5. The Labute approximate surface area is 202 Å². The van der Waals surface area contributed by atoms with Gasteiger partial charge in [0.15, 0.2) is 0 Å². The van der Waals surface area contributed by atoms with Gasteiger partial charge in [-0.1, -0.05) is 54.6 Å². The number of aliphatic hydroxyl groups excluding tert-OH is 1. The molecule has 0 bridgehead atoms. The molecule has 3 aromatic rings. The molecule has 6 nitrogen and oxygen atoms in total. The Bertz CT molecular complexity index is 899. The highest BCUT2D eigenvalue weighted by atomic mass is 16.5. The molecule has 0 saturated heterocycles. The molecule has 34 heavy (non-hydrogen) atoms. The SMILES string of the molecule is COCCN(Cc1ccccc1)C[C@@H](O)COC(c1ccc(OC)cc1)c1ccc(OC)cc1. The van der Waals surface area contributed by atoms with E-state index < -0.39 is 6.10 Å². The summed E-state index contributed by atoms with van der Waals surface area (Å²) in [4.78, 5) is 2.18. The smallest absolute Gasteiger partial charge is 0.118 e. The molecule has 182 valence electrons. The van der Waals surface area contributed by atoms with Crippen LogP contribution >= 0.6 is 0 Å². The van der Waals surface area contributed by atoms with Gasteiger partial charge < -0.3 is 24.1 Å². The van der Waals surface area contributed by atoms with E-state index in [1.54, 1.807) is 21.3 Å². The highest BCUT2D eigenvalue weighted by Crippen LogP contribution is 2.29. The van der Waals surface area contributed by atoms with E-state index >= 15 is 0 Å². The standard InChI is InChI=1S/C28H35NO5/c1-31-18-17-29(19-22-7-5-4-6-8-22)20-25(30)21-34-28(23-9-13-26(32-2)14-10-23)24-11-15-27(33-3)16-12-24/h4-16,25,28,30H,17-21H2,1-3H3/t25-/m1/s1. The maximum absolute atomic E-state index is 10.9. The molecule has 0 fully saturated rings. The Morgan fingerprint density at radius 3 is 1.82 bits per heavy atom. The predicted octanol–water partition coefficient (Wildman–Crippen LogP) is 4.32. The summed E-state index contributed by atoms with van der Waals surface area (Å²) >= 11 is 0. The molecule has 0 aliphatic carbocycles. The van der Waals surface area contributed by atoms with Gasteiger partial charge in [-0.05, 0) is 41.0 Å². The van der Waals surface area contributed by atoms with Crippen LogP contribution in [0.15, 0.2) is 78.9 Å². The molecule has 6 heteroatoms. The molecule has 1 atom stereocenters. The Morgan fingerprint density at radius 2 is 1.32 bits per heavy atom. The van der Waals surface area contributed by atoms with Crippen molar-refractivity contribution in [2.75, 3.05) is 47.6 Å².